The van der Waals surface area contributed by atoms with Crippen LogP contribution in [0.5, 0.6) is 0 Å². The van der Waals surface area contributed by atoms with E-state index in [-0.39, 0.29) is 29.1 Å². The molecule has 2 aromatic carbocycles. The number of amides is 1. The zero-order valence-electron chi connectivity index (χ0n) is 16.2. The molecule has 160 valence electrons. The Balaban J connectivity index is 2.35. The number of rotatable bonds is 8. The Morgan fingerprint density at radius 2 is 1.83 bits per heavy atom. The second-order valence-electron chi connectivity index (χ2n) is 6.88. The molecule has 0 saturated heterocycles. The summed E-state index contributed by atoms with van der Waals surface area (Å²) in [7, 11) is 0. The van der Waals surface area contributed by atoms with Gasteiger partial charge < -0.3 is 10.4 Å². The van der Waals surface area contributed by atoms with E-state index in [0.717, 1.165) is 6.92 Å². The molecular formula is C22H21ClF3NO3. The van der Waals surface area contributed by atoms with Gasteiger partial charge in [0.2, 0.25) is 5.91 Å². The van der Waals surface area contributed by atoms with Crippen LogP contribution in [0.1, 0.15) is 36.0 Å². The monoisotopic (exact) mass is 439 g/mol. The van der Waals surface area contributed by atoms with Crippen LogP contribution in [0.3, 0.4) is 0 Å². The number of aliphatic carboxylic acids is 1. The van der Waals surface area contributed by atoms with Gasteiger partial charge in [0.05, 0.1) is 22.5 Å². The molecular weight excluding hydrogens is 419 g/mol. The van der Waals surface area contributed by atoms with Gasteiger partial charge in [0.15, 0.2) is 0 Å². The molecule has 2 aromatic rings. The van der Waals surface area contributed by atoms with Crippen LogP contribution in [-0.4, -0.2) is 23.2 Å². The summed E-state index contributed by atoms with van der Waals surface area (Å²) in [6.07, 6.45) is -2.97. The van der Waals surface area contributed by atoms with Gasteiger partial charge >= 0.3 is 12.1 Å². The molecule has 0 aliphatic carbocycles. The van der Waals surface area contributed by atoms with Crippen molar-refractivity contribution in [3.63, 3.8) is 0 Å². The first-order valence-electron chi connectivity index (χ1n) is 9.13. The molecule has 1 amide bonds. The summed E-state index contributed by atoms with van der Waals surface area (Å²) in [5.74, 6) is -5.29. The van der Waals surface area contributed by atoms with Gasteiger partial charge in [-0.2, -0.15) is 13.2 Å². The van der Waals surface area contributed by atoms with Gasteiger partial charge in [0.1, 0.15) is 0 Å². The van der Waals surface area contributed by atoms with E-state index in [2.05, 4.69) is 11.9 Å². The fourth-order valence-electron chi connectivity index (χ4n) is 2.98. The molecule has 30 heavy (non-hydrogen) atoms. The Morgan fingerprint density at radius 3 is 2.37 bits per heavy atom. The number of carbonyl (C=O) groups excluding carboxylic acids is 1. The highest BCUT2D eigenvalue weighted by Gasteiger charge is 2.45. The molecule has 0 heterocycles. The predicted octanol–water partition coefficient (Wildman–Crippen LogP) is 5.92. The number of alkyl halides is 3. The third kappa shape index (κ3) is 6.10. The Morgan fingerprint density at radius 1 is 1.20 bits per heavy atom. The minimum absolute atomic E-state index is 0.127. The highest BCUT2D eigenvalue weighted by Crippen LogP contribution is 2.38. The molecule has 0 aromatic heterocycles. The summed E-state index contributed by atoms with van der Waals surface area (Å²) in [5, 5.41) is 11.4. The molecule has 2 N–H and O–H groups in total. The number of hydrogen-bond donors (Lipinski definition) is 2. The molecule has 0 radical (unpaired) electrons. The second-order valence-corrected chi connectivity index (χ2v) is 7.28. The van der Waals surface area contributed by atoms with Gasteiger partial charge in [-0.1, -0.05) is 61.5 Å². The van der Waals surface area contributed by atoms with E-state index in [1.807, 2.05) is 0 Å². The van der Waals surface area contributed by atoms with Crippen molar-refractivity contribution < 1.29 is 27.9 Å². The number of carbonyl (C=O) groups is 2. The summed E-state index contributed by atoms with van der Waals surface area (Å²) in [4.78, 5) is 23.7. The van der Waals surface area contributed by atoms with Crippen LogP contribution >= 0.6 is 11.6 Å². The Bertz CT molecular complexity index is 926. The first-order valence-corrected chi connectivity index (χ1v) is 9.51. The molecule has 0 spiro atoms. The maximum atomic E-state index is 13.5. The van der Waals surface area contributed by atoms with Crippen molar-refractivity contribution in [1.82, 2.24) is 0 Å². The van der Waals surface area contributed by atoms with Crippen LogP contribution < -0.4 is 5.32 Å². The normalized spacial score (nSPS) is 13.4. The van der Waals surface area contributed by atoms with Crippen molar-refractivity contribution in [3.05, 3.63) is 70.8 Å². The number of aryl methyl sites for hydroxylation is 1. The molecule has 0 aliphatic rings. The van der Waals surface area contributed by atoms with Crippen LogP contribution in [-0.2, 0) is 16.0 Å². The van der Waals surface area contributed by atoms with Crippen molar-refractivity contribution in [2.45, 2.75) is 31.9 Å². The SMILES string of the molecule is C=Cc1ccc([C@@H](C(=O)Nc2cc(CCC(=O)O)ccc2Cl)[C@@H](C)C(F)(F)F)cc1. The molecule has 2 rings (SSSR count). The van der Waals surface area contributed by atoms with Crippen molar-refractivity contribution in [3.8, 4) is 0 Å². The van der Waals surface area contributed by atoms with Crippen molar-refractivity contribution >= 4 is 35.2 Å². The zero-order chi connectivity index (χ0) is 22.5. The van der Waals surface area contributed by atoms with E-state index in [9.17, 15) is 22.8 Å². The molecule has 8 heteroatoms. The first kappa shape index (κ1) is 23.5. The van der Waals surface area contributed by atoms with Crippen molar-refractivity contribution in [1.29, 1.82) is 0 Å². The maximum Gasteiger partial charge on any atom is 0.392 e. The Kier molecular flexibility index (Phi) is 7.67. The molecule has 0 bridgehead atoms. The van der Waals surface area contributed by atoms with Crippen molar-refractivity contribution in [2.75, 3.05) is 5.32 Å². The lowest BCUT2D eigenvalue weighted by atomic mass is 9.85. The van der Waals surface area contributed by atoms with Gasteiger partial charge in [-0.05, 0) is 35.2 Å². The third-order valence-corrected chi connectivity index (χ3v) is 5.08. The average molecular weight is 440 g/mol. The average Bonchev–Trinajstić information content (AvgIpc) is 2.68. The van der Waals surface area contributed by atoms with E-state index in [4.69, 9.17) is 16.7 Å². The summed E-state index contributed by atoms with van der Waals surface area (Å²) in [6.45, 7) is 4.56. The van der Waals surface area contributed by atoms with Crippen molar-refractivity contribution in [2.24, 2.45) is 5.92 Å². The number of nitrogens with one attached hydrogen (secondary N) is 1. The fraction of sp³-hybridized carbons (Fsp3) is 0.273. The van der Waals surface area contributed by atoms with Crippen LogP contribution in [0.15, 0.2) is 49.0 Å². The standard InChI is InChI=1S/C22H21ClF3NO3/c1-3-14-4-8-16(9-5-14)20(13(2)22(24,25)26)21(30)27-18-12-15(6-10-17(18)23)7-11-19(28)29/h3-6,8-10,12-13,20H,1,7,11H2,2H3,(H,27,30)(H,28,29)/t13-,20+/m1/s1. The summed E-state index contributed by atoms with van der Waals surface area (Å²) in [6, 6.07) is 10.7. The van der Waals surface area contributed by atoms with E-state index < -0.39 is 29.9 Å². The number of carboxylic acid groups (broad SMARTS) is 1. The number of anilines is 1. The van der Waals surface area contributed by atoms with E-state index in [0.29, 0.717) is 11.1 Å². The molecule has 0 aliphatic heterocycles. The highest BCUT2D eigenvalue weighted by atomic mass is 35.5. The van der Waals surface area contributed by atoms with E-state index in [1.165, 1.54) is 24.3 Å². The van der Waals surface area contributed by atoms with Crippen LogP contribution in [0.25, 0.3) is 6.08 Å². The Hall–Kier alpha value is -2.80. The van der Waals surface area contributed by atoms with Crippen LogP contribution in [0, 0.1) is 5.92 Å². The van der Waals surface area contributed by atoms with Gasteiger partial charge in [-0.15, -0.1) is 0 Å². The number of carboxylic acids is 1. The fourth-order valence-corrected chi connectivity index (χ4v) is 3.15. The largest absolute Gasteiger partial charge is 0.481 e. The minimum Gasteiger partial charge on any atom is -0.481 e. The predicted molar refractivity (Wildman–Crippen MR) is 111 cm³/mol. The van der Waals surface area contributed by atoms with E-state index in [1.54, 1.807) is 24.3 Å². The van der Waals surface area contributed by atoms with Gasteiger partial charge in [-0.3, -0.25) is 9.59 Å². The van der Waals surface area contributed by atoms with Crippen LogP contribution in [0.2, 0.25) is 5.02 Å². The van der Waals surface area contributed by atoms with Crippen LogP contribution in [0.4, 0.5) is 18.9 Å². The minimum atomic E-state index is -4.59. The van der Waals surface area contributed by atoms with Gasteiger partial charge in [0.25, 0.3) is 0 Å². The van der Waals surface area contributed by atoms with Gasteiger partial charge in [0, 0.05) is 6.42 Å². The van der Waals surface area contributed by atoms with Gasteiger partial charge in [-0.25, -0.2) is 0 Å². The maximum absolute atomic E-state index is 13.5. The Labute approximate surface area is 177 Å². The zero-order valence-corrected chi connectivity index (χ0v) is 16.9. The van der Waals surface area contributed by atoms with E-state index >= 15 is 0 Å². The number of hydrogen-bond acceptors (Lipinski definition) is 2. The second kappa shape index (κ2) is 9.80. The quantitative estimate of drug-likeness (QED) is 0.536. The number of benzene rings is 2. The lowest BCUT2D eigenvalue weighted by molar-refractivity contribution is -0.178. The molecule has 0 unspecified atom stereocenters. The lowest BCUT2D eigenvalue weighted by Crippen LogP contribution is -2.34. The summed E-state index contributed by atoms with van der Waals surface area (Å²) in [5.41, 5.74) is 1.65. The molecule has 0 fully saturated rings. The molecule has 0 saturated carbocycles. The topological polar surface area (TPSA) is 66.4 Å². The molecule has 2 atom stereocenters. The molecule has 4 nitrogen and oxygen atoms in total. The summed E-state index contributed by atoms with van der Waals surface area (Å²) >= 11 is 6.10. The lowest BCUT2D eigenvalue weighted by Gasteiger charge is -2.26. The third-order valence-electron chi connectivity index (χ3n) is 4.75. The number of halogens is 4. The first-order chi connectivity index (χ1) is 14.0. The smallest absolute Gasteiger partial charge is 0.392 e. The highest BCUT2D eigenvalue weighted by molar-refractivity contribution is 6.33. The summed E-state index contributed by atoms with van der Waals surface area (Å²) < 4.78 is 40.4.